The lowest BCUT2D eigenvalue weighted by Gasteiger charge is -2.46. The number of ether oxygens (including phenoxy) is 1. The third kappa shape index (κ3) is 3.27. The normalized spacial score (nSPS) is 26.3. The summed E-state index contributed by atoms with van der Waals surface area (Å²) < 4.78 is 5.51. The first-order chi connectivity index (χ1) is 10.7. The Morgan fingerprint density at radius 1 is 1.18 bits per heavy atom. The molecule has 4 heteroatoms. The number of hydrogen-bond donors (Lipinski definition) is 1. The largest absolute Gasteiger partial charge is 0.496 e. The molecule has 0 radical (unpaired) electrons. The highest BCUT2D eigenvalue weighted by atomic mass is 16.5. The maximum absolute atomic E-state index is 11.0. The van der Waals surface area contributed by atoms with Crippen LogP contribution in [0.15, 0.2) is 24.3 Å². The number of benzene rings is 1. The molecule has 0 bridgehead atoms. The molecule has 120 valence electrons. The molecule has 1 aliphatic carbocycles. The number of nitrogens with one attached hydrogen (secondary N) is 1. The summed E-state index contributed by atoms with van der Waals surface area (Å²) in [6, 6.07) is 9.48. The van der Waals surface area contributed by atoms with Gasteiger partial charge >= 0.3 is 0 Å². The van der Waals surface area contributed by atoms with Crippen molar-refractivity contribution >= 4 is 5.91 Å². The molecule has 1 aromatic rings. The van der Waals surface area contributed by atoms with Crippen LogP contribution >= 0.6 is 0 Å². The van der Waals surface area contributed by atoms with E-state index in [2.05, 4.69) is 28.4 Å². The van der Waals surface area contributed by atoms with Crippen LogP contribution in [-0.2, 0) is 4.79 Å². The molecular weight excluding hydrogens is 276 g/mol. The molecule has 1 saturated carbocycles. The zero-order chi connectivity index (χ0) is 15.5. The molecule has 1 aliphatic heterocycles. The van der Waals surface area contributed by atoms with E-state index < -0.39 is 0 Å². The van der Waals surface area contributed by atoms with Crippen LogP contribution in [0, 0.1) is 0 Å². The maximum atomic E-state index is 11.0. The number of carbonyl (C=O) groups excluding carboxylic acids is 1. The van der Waals surface area contributed by atoms with Gasteiger partial charge < -0.3 is 10.1 Å². The molecule has 2 aliphatic rings. The average Bonchev–Trinajstić information content (AvgIpc) is 2.50. The van der Waals surface area contributed by atoms with E-state index in [4.69, 9.17) is 4.74 Å². The van der Waals surface area contributed by atoms with E-state index >= 15 is 0 Å². The number of hydrogen-bond acceptors (Lipinski definition) is 3. The Kier molecular flexibility index (Phi) is 4.67. The Morgan fingerprint density at radius 3 is 2.50 bits per heavy atom. The third-order valence-corrected chi connectivity index (χ3v) is 5.11. The van der Waals surface area contributed by atoms with Crippen molar-refractivity contribution in [3.05, 3.63) is 29.8 Å². The molecule has 0 unspecified atom stereocenters. The second-order valence-corrected chi connectivity index (χ2v) is 6.60. The van der Waals surface area contributed by atoms with Gasteiger partial charge in [-0.15, -0.1) is 0 Å². The van der Waals surface area contributed by atoms with Crippen molar-refractivity contribution in [3.8, 4) is 5.75 Å². The zero-order valence-electron chi connectivity index (χ0n) is 13.5. The minimum atomic E-state index is 0.0875. The van der Waals surface area contributed by atoms with Crippen LogP contribution in [0.25, 0.3) is 0 Å². The van der Waals surface area contributed by atoms with Gasteiger partial charge in [-0.1, -0.05) is 18.2 Å². The van der Waals surface area contributed by atoms with Crippen LogP contribution in [0.4, 0.5) is 0 Å². The molecule has 3 rings (SSSR count). The fraction of sp³-hybridized carbons (Fsp3) is 0.611. The van der Waals surface area contributed by atoms with Crippen LogP contribution in [0.5, 0.6) is 5.75 Å². The molecule has 4 nitrogen and oxygen atoms in total. The highest BCUT2D eigenvalue weighted by Gasteiger charge is 2.35. The first kappa shape index (κ1) is 15.3. The average molecular weight is 302 g/mol. The van der Waals surface area contributed by atoms with Gasteiger partial charge in [0.05, 0.1) is 13.2 Å². The number of carbonyl (C=O) groups is 1. The van der Waals surface area contributed by atoms with Gasteiger partial charge in [0, 0.05) is 26.1 Å². The summed E-state index contributed by atoms with van der Waals surface area (Å²) in [5.41, 5.74) is 1.36. The molecule has 22 heavy (non-hydrogen) atoms. The molecule has 1 saturated heterocycles. The van der Waals surface area contributed by atoms with Gasteiger partial charge in [0.1, 0.15) is 5.75 Å². The Balaban J connectivity index is 1.50. The van der Waals surface area contributed by atoms with E-state index in [-0.39, 0.29) is 5.91 Å². The maximum Gasteiger partial charge on any atom is 0.217 e. The van der Waals surface area contributed by atoms with Crippen LogP contribution in [0.1, 0.15) is 44.1 Å². The molecule has 0 atom stereocenters. The van der Waals surface area contributed by atoms with Crippen molar-refractivity contribution in [2.24, 2.45) is 0 Å². The molecule has 1 N–H and O–H groups in total. The van der Waals surface area contributed by atoms with Crippen molar-refractivity contribution in [1.82, 2.24) is 10.2 Å². The third-order valence-electron chi connectivity index (χ3n) is 5.11. The first-order valence-electron chi connectivity index (χ1n) is 8.31. The van der Waals surface area contributed by atoms with E-state index in [0.29, 0.717) is 18.0 Å². The lowest BCUT2D eigenvalue weighted by Crippen LogP contribution is -2.62. The SMILES string of the molecule is COc1ccccc1C1CCC(N2CC(NC(C)=O)C2)CC1. The predicted octanol–water partition coefficient (Wildman–Crippen LogP) is 2.54. The van der Waals surface area contributed by atoms with E-state index in [1.165, 1.54) is 31.2 Å². The van der Waals surface area contributed by atoms with E-state index in [1.54, 1.807) is 14.0 Å². The predicted molar refractivity (Wildman–Crippen MR) is 87.2 cm³/mol. The highest BCUT2D eigenvalue weighted by molar-refractivity contribution is 5.73. The van der Waals surface area contributed by atoms with E-state index in [9.17, 15) is 4.79 Å². The van der Waals surface area contributed by atoms with E-state index in [0.717, 1.165) is 18.8 Å². The summed E-state index contributed by atoms with van der Waals surface area (Å²) in [7, 11) is 1.76. The van der Waals surface area contributed by atoms with Crippen LogP contribution in [-0.4, -0.2) is 43.1 Å². The smallest absolute Gasteiger partial charge is 0.217 e. The Morgan fingerprint density at radius 2 is 1.86 bits per heavy atom. The lowest BCUT2D eigenvalue weighted by molar-refractivity contribution is -0.121. The zero-order valence-corrected chi connectivity index (χ0v) is 13.5. The van der Waals surface area contributed by atoms with Crippen molar-refractivity contribution in [2.75, 3.05) is 20.2 Å². The van der Waals surface area contributed by atoms with Gasteiger partial charge in [-0.3, -0.25) is 9.69 Å². The number of methoxy groups -OCH3 is 1. The molecule has 2 fully saturated rings. The summed E-state index contributed by atoms with van der Waals surface area (Å²) in [5, 5.41) is 3.00. The Labute approximate surface area is 132 Å². The van der Waals surface area contributed by atoms with E-state index in [1.807, 2.05) is 6.07 Å². The standard InChI is InChI=1S/C18H26N2O2/c1-13(21)19-15-11-20(12-15)16-9-7-14(8-10-16)17-5-3-4-6-18(17)22-2/h3-6,14-16H,7-12H2,1-2H3,(H,19,21). The second kappa shape index (κ2) is 6.69. The van der Waals surface area contributed by atoms with Gasteiger partial charge in [0.15, 0.2) is 0 Å². The summed E-state index contributed by atoms with van der Waals surface area (Å²) in [6.07, 6.45) is 4.95. The molecular formula is C18H26N2O2. The monoisotopic (exact) mass is 302 g/mol. The lowest BCUT2D eigenvalue weighted by atomic mass is 9.80. The van der Waals surface area contributed by atoms with Gasteiger partial charge in [-0.2, -0.15) is 0 Å². The summed E-state index contributed by atoms with van der Waals surface area (Å²) in [5.74, 6) is 1.74. The minimum Gasteiger partial charge on any atom is -0.496 e. The number of nitrogens with zero attached hydrogens (tertiary/aromatic N) is 1. The Bertz CT molecular complexity index is 518. The molecule has 1 aromatic carbocycles. The fourth-order valence-corrected chi connectivity index (χ4v) is 3.95. The van der Waals surface area contributed by atoms with Crippen molar-refractivity contribution < 1.29 is 9.53 Å². The number of likely N-dealkylation sites (tertiary alicyclic amines) is 1. The Hall–Kier alpha value is -1.55. The number of amides is 1. The number of para-hydroxylation sites is 1. The second-order valence-electron chi connectivity index (χ2n) is 6.60. The van der Waals surface area contributed by atoms with Crippen LogP contribution in [0.2, 0.25) is 0 Å². The first-order valence-corrected chi connectivity index (χ1v) is 8.31. The molecule has 1 heterocycles. The number of rotatable bonds is 4. The quantitative estimate of drug-likeness (QED) is 0.929. The van der Waals surface area contributed by atoms with Crippen molar-refractivity contribution in [1.29, 1.82) is 0 Å². The summed E-state index contributed by atoms with van der Waals surface area (Å²) in [4.78, 5) is 13.6. The van der Waals surface area contributed by atoms with Crippen molar-refractivity contribution in [2.45, 2.75) is 50.6 Å². The molecule has 0 spiro atoms. The summed E-state index contributed by atoms with van der Waals surface area (Å²) >= 11 is 0. The van der Waals surface area contributed by atoms with Crippen molar-refractivity contribution in [3.63, 3.8) is 0 Å². The molecule has 1 amide bonds. The topological polar surface area (TPSA) is 41.6 Å². The van der Waals surface area contributed by atoms with Crippen LogP contribution < -0.4 is 10.1 Å². The van der Waals surface area contributed by atoms with Crippen LogP contribution in [0.3, 0.4) is 0 Å². The van der Waals surface area contributed by atoms with Gasteiger partial charge in [-0.05, 0) is 43.2 Å². The summed E-state index contributed by atoms with van der Waals surface area (Å²) in [6.45, 7) is 3.63. The highest BCUT2D eigenvalue weighted by Crippen LogP contribution is 2.39. The van der Waals surface area contributed by atoms with Gasteiger partial charge in [0.2, 0.25) is 5.91 Å². The fourth-order valence-electron chi connectivity index (χ4n) is 3.95. The van der Waals surface area contributed by atoms with Gasteiger partial charge in [-0.25, -0.2) is 0 Å². The molecule has 0 aromatic heterocycles. The van der Waals surface area contributed by atoms with Gasteiger partial charge in [0.25, 0.3) is 0 Å². The minimum absolute atomic E-state index is 0.0875.